The molecule has 0 spiro atoms. The highest BCUT2D eigenvalue weighted by Crippen LogP contribution is 2.35. The monoisotopic (exact) mass is 441 g/mol. The van der Waals surface area contributed by atoms with Gasteiger partial charge < -0.3 is 48.5 Å². The third-order valence-corrected chi connectivity index (χ3v) is 5.34. The van der Waals surface area contributed by atoms with Crippen LogP contribution in [-0.4, -0.2) is 76.4 Å². The lowest BCUT2D eigenvalue weighted by atomic mass is 9.85. The summed E-state index contributed by atoms with van der Waals surface area (Å²) < 4.78 is 6.03. The van der Waals surface area contributed by atoms with Crippen LogP contribution in [0.4, 0.5) is 0 Å². The molecule has 0 radical (unpaired) electrons. The number of quaternary nitrogens is 1. The number of hydrogen-bond acceptors (Lipinski definition) is 5. The molecule has 134 valence electrons. The van der Waals surface area contributed by atoms with E-state index < -0.39 is 29.7 Å². The molecular weight excluding hydrogens is 413 g/mol. The summed E-state index contributed by atoms with van der Waals surface area (Å²) in [5.41, 5.74) is -1.01. The maximum absolute atomic E-state index is 12.2. The van der Waals surface area contributed by atoms with Gasteiger partial charge in [-0.15, -0.1) is 0 Å². The van der Waals surface area contributed by atoms with Crippen molar-refractivity contribution in [1.82, 2.24) is 0 Å². The van der Waals surface area contributed by atoms with Gasteiger partial charge in [-0.25, -0.2) is 4.79 Å². The van der Waals surface area contributed by atoms with Crippen molar-refractivity contribution in [2.45, 2.75) is 51.0 Å². The lowest BCUT2D eigenvalue weighted by molar-refractivity contribution is -0.906. The number of hydrogen-bond donors (Lipinski definition) is 3. The van der Waals surface area contributed by atoms with Crippen molar-refractivity contribution in [3.63, 3.8) is 0 Å². The highest BCUT2D eigenvalue weighted by Gasteiger charge is 2.51. The van der Waals surface area contributed by atoms with Crippen molar-refractivity contribution in [3.8, 4) is 0 Å². The highest BCUT2D eigenvalue weighted by atomic mass is 127. The largest absolute Gasteiger partial charge is 1.00 e. The minimum atomic E-state index is -1.91. The molecule has 3 N–H and O–H groups in total. The van der Waals surface area contributed by atoms with Crippen LogP contribution in [-0.2, 0) is 9.53 Å². The van der Waals surface area contributed by atoms with Gasteiger partial charge in [-0.3, -0.25) is 0 Å². The number of rotatable bonds is 5. The molecular formula is C16H28INO5. The molecule has 6 nitrogen and oxygen atoms in total. The molecule has 0 aromatic carbocycles. The summed E-state index contributed by atoms with van der Waals surface area (Å²) in [6.45, 7) is 6.48. The van der Waals surface area contributed by atoms with E-state index in [1.54, 1.807) is 13.8 Å². The van der Waals surface area contributed by atoms with Gasteiger partial charge in [0.25, 0.3) is 0 Å². The number of carbonyl (C=O) groups excluding carboxylic acids is 1. The van der Waals surface area contributed by atoms with Gasteiger partial charge in [0.2, 0.25) is 0 Å². The van der Waals surface area contributed by atoms with E-state index in [1.165, 1.54) is 6.92 Å². The zero-order valence-electron chi connectivity index (χ0n) is 14.2. The zero-order valence-corrected chi connectivity index (χ0v) is 16.4. The Hall–Kier alpha value is -0.220. The van der Waals surface area contributed by atoms with Crippen molar-refractivity contribution in [3.05, 3.63) is 11.6 Å². The van der Waals surface area contributed by atoms with E-state index in [9.17, 15) is 20.1 Å². The smallest absolute Gasteiger partial charge is 0.341 e. The molecule has 3 unspecified atom stereocenters. The number of nitrogens with zero attached hydrogens (tertiary/aromatic N) is 1. The highest BCUT2D eigenvalue weighted by molar-refractivity contribution is 5.80. The van der Waals surface area contributed by atoms with E-state index in [0.29, 0.717) is 0 Å². The quantitative estimate of drug-likeness (QED) is 0.181. The van der Waals surface area contributed by atoms with E-state index >= 15 is 0 Å². The van der Waals surface area contributed by atoms with Gasteiger partial charge in [0.1, 0.15) is 18.8 Å². The van der Waals surface area contributed by atoms with Crippen LogP contribution in [0.3, 0.4) is 0 Å². The van der Waals surface area contributed by atoms with Crippen molar-refractivity contribution < 1.29 is 53.3 Å². The molecule has 23 heavy (non-hydrogen) atoms. The van der Waals surface area contributed by atoms with Crippen molar-refractivity contribution in [1.29, 1.82) is 0 Å². The Morgan fingerprint density at radius 1 is 1.48 bits per heavy atom. The van der Waals surface area contributed by atoms with Gasteiger partial charge in [-0.1, -0.05) is 13.8 Å². The standard InChI is InChI=1S/C16H28NO5.HI/c1-10(2)16(21,11(3)18)15(20)22-9-12-5-7-17(4)8-6-13(19)14(12)17;/h5,10-11,13-14,18-19,21H,6-9H2,1-4H3;1H/q+1;/p-1/t11?,13-,14-,16?,17?;/m1./s1. The topological polar surface area (TPSA) is 87.0 Å². The number of halogens is 1. The van der Waals surface area contributed by atoms with Crippen LogP contribution in [0, 0.1) is 5.92 Å². The molecule has 5 atom stereocenters. The van der Waals surface area contributed by atoms with E-state index in [2.05, 4.69) is 7.05 Å². The minimum absolute atomic E-state index is 0. The van der Waals surface area contributed by atoms with Crippen molar-refractivity contribution >= 4 is 5.97 Å². The Morgan fingerprint density at radius 2 is 2.09 bits per heavy atom. The predicted octanol–water partition coefficient (Wildman–Crippen LogP) is -3.18. The van der Waals surface area contributed by atoms with Crippen molar-refractivity contribution in [2.75, 3.05) is 26.7 Å². The van der Waals surface area contributed by atoms with Crippen LogP contribution in [0.25, 0.3) is 0 Å². The lowest BCUT2D eigenvalue weighted by Crippen LogP contribution is -3.00. The Morgan fingerprint density at radius 3 is 2.61 bits per heavy atom. The SMILES string of the molecule is CC(C)C(O)(C(=O)OCC1=CC[N+]2(C)CC[C@@H](O)[C@@H]12)C(C)O.[I-]. The van der Waals surface area contributed by atoms with E-state index in [-0.39, 0.29) is 36.6 Å². The van der Waals surface area contributed by atoms with Crippen molar-refractivity contribution in [2.24, 2.45) is 5.92 Å². The molecule has 2 aliphatic heterocycles. The predicted molar refractivity (Wildman–Crippen MR) is 80.8 cm³/mol. The Bertz CT molecular complexity index is 471. The second-order valence-electron chi connectivity index (χ2n) is 7.20. The lowest BCUT2D eigenvalue weighted by Gasteiger charge is -2.33. The first kappa shape index (κ1) is 20.8. The summed E-state index contributed by atoms with van der Waals surface area (Å²) in [7, 11) is 2.09. The molecule has 0 saturated carbocycles. The zero-order chi connectivity index (χ0) is 16.7. The maximum Gasteiger partial charge on any atom is 0.341 e. The fraction of sp³-hybridized carbons (Fsp3) is 0.812. The minimum Gasteiger partial charge on any atom is -1.00 e. The first-order chi connectivity index (χ1) is 10.1. The normalized spacial score (nSPS) is 33.5. The Kier molecular flexibility index (Phi) is 6.65. The summed E-state index contributed by atoms with van der Waals surface area (Å²) in [4.78, 5) is 12.2. The van der Waals surface area contributed by atoms with Crippen LogP contribution in [0.1, 0.15) is 27.2 Å². The second-order valence-corrected chi connectivity index (χ2v) is 7.20. The molecule has 2 heterocycles. The fourth-order valence-corrected chi connectivity index (χ4v) is 3.74. The van der Waals surface area contributed by atoms with Gasteiger partial charge in [-0.05, 0) is 18.9 Å². The number of aliphatic hydroxyl groups is 3. The Balaban J connectivity index is 0.00000264. The van der Waals surface area contributed by atoms with E-state index in [4.69, 9.17) is 4.74 Å². The number of esters is 1. The summed E-state index contributed by atoms with van der Waals surface area (Å²) in [6, 6.07) is -0.0357. The van der Waals surface area contributed by atoms with Crippen LogP contribution in [0.2, 0.25) is 0 Å². The molecule has 0 aliphatic carbocycles. The van der Waals surface area contributed by atoms with Crippen LogP contribution in [0.5, 0.6) is 0 Å². The summed E-state index contributed by atoms with van der Waals surface area (Å²) in [6.07, 6.45) is 1.13. The third kappa shape index (κ3) is 3.58. The molecule has 1 fully saturated rings. The molecule has 7 heteroatoms. The third-order valence-electron chi connectivity index (χ3n) is 5.34. The summed E-state index contributed by atoms with van der Waals surface area (Å²) in [5, 5.41) is 30.3. The molecule has 0 aromatic heterocycles. The fourth-order valence-electron chi connectivity index (χ4n) is 3.74. The number of carbonyl (C=O) groups is 1. The molecule has 2 rings (SSSR count). The number of ether oxygens (including phenoxy) is 1. The Labute approximate surface area is 154 Å². The maximum atomic E-state index is 12.2. The number of likely N-dealkylation sites (N-methyl/N-ethyl adjacent to an activating group) is 1. The average Bonchev–Trinajstić information content (AvgIpc) is 2.92. The first-order valence-electron chi connectivity index (χ1n) is 7.91. The molecule has 0 amide bonds. The van der Waals surface area contributed by atoms with Crippen LogP contribution < -0.4 is 24.0 Å². The molecule has 0 aromatic rings. The molecule has 0 bridgehead atoms. The first-order valence-corrected chi connectivity index (χ1v) is 7.91. The summed E-state index contributed by atoms with van der Waals surface area (Å²) in [5.74, 6) is -1.28. The van der Waals surface area contributed by atoms with Gasteiger partial charge >= 0.3 is 5.97 Å². The van der Waals surface area contributed by atoms with Gasteiger partial charge in [0.05, 0.1) is 26.2 Å². The molecule has 1 saturated heterocycles. The van der Waals surface area contributed by atoms with Gasteiger partial charge in [-0.2, -0.15) is 0 Å². The summed E-state index contributed by atoms with van der Waals surface area (Å²) >= 11 is 0. The number of aliphatic hydroxyl groups excluding tert-OH is 2. The van der Waals surface area contributed by atoms with E-state index in [0.717, 1.165) is 29.6 Å². The van der Waals surface area contributed by atoms with Gasteiger partial charge in [0.15, 0.2) is 5.60 Å². The second kappa shape index (κ2) is 7.35. The molecule has 2 aliphatic rings. The van der Waals surface area contributed by atoms with Crippen LogP contribution in [0.15, 0.2) is 11.6 Å². The number of fused-ring (bicyclic) bond motifs is 1. The average molecular weight is 441 g/mol. The van der Waals surface area contributed by atoms with E-state index in [1.807, 2.05) is 6.08 Å². The van der Waals surface area contributed by atoms with Crippen LogP contribution >= 0.6 is 0 Å². The van der Waals surface area contributed by atoms with Gasteiger partial charge in [0, 0.05) is 12.0 Å².